The fraction of sp³-hybridized carbons (Fsp3) is 0.467. The van der Waals surface area contributed by atoms with E-state index in [2.05, 4.69) is 29.2 Å². The molecule has 2 aromatic rings. The maximum absolute atomic E-state index is 12.4. The smallest absolute Gasteiger partial charge is 0.277 e. The van der Waals surface area contributed by atoms with Crippen molar-refractivity contribution in [1.29, 1.82) is 0 Å². The Morgan fingerprint density at radius 1 is 1.35 bits per heavy atom. The van der Waals surface area contributed by atoms with Gasteiger partial charge in [0, 0.05) is 5.69 Å². The fourth-order valence-electron chi connectivity index (χ4n) is 2.06. The van der Waals surface area contributed by atoms with Gasteiger partial charge in [-0.2, -0.15) is 5.10 Å². The van der Waals surface area contributed by atoms with Crippen LogP contribution in [0.15, 0.2) is 12.3 Å². The number of aromatic nitrogens is 3. The van der Waals surface area contributed by atoms with E-state index in [9.17, 15) is 9.59 Å². The molecule has 2 rings (SSSR count). The maximum atomic E-state index is 12.4. The normalized spacial score (nSPS) is 11.7. The summed E-state index contributed by atoms with van der Waals surface area (Å²) in [4.78, 5) is 27.7. The lowest BCUT2D eigenvalue weighted by atomic mass is 10.1. The predicted octanol–water partition coefficient (Wildman–Crippen LogP) is 2.57. The molecule has 124 valence electrons. The van der Waals surface area contributed by atoms with E-state index in [0.717, 1.165) is 17.0 Å². The summed E-state index contributed by atoms with van der Waals surface area (Å²) in [5.41, 5.74) is 6.26. The number of hydrogen-bond donors (Lipinski definition) is 2. The van der Waals surface area contributed by atoms with Crippen LogP contribution in [0.5, 0.6) is 0 Å². The molecule has 0 fully saturated rings. The minimum Gasteiger partial charge on any atom is -0.365 e. The van der Waals surface area contributed by atoms with E-state index in [1.54, 1.807) is 6.07 Å². The van der Waals surface area contributed by atoms with Crippen molar-refractivity contribution in [3.63, 3.8) is 0 Å². The van der Waals surface area contributed by atoms with Crippen molar-refractivity contribution in [2.24, 2.45) is 5.73 Å². The summed E-state index contributed by atoms with van der Waals surface area (Å²) in [6, 6.07) is 1.79. The van der Waals surface area contributed by atoms with E-state index < -0.39 is 5.91 Å². The third kappa shape index (κ3) is 3.76. The zero-order valence-electron chi connectivity index (χ0n) is 13.9. The van der Waals surface area contributed by atoms with Crippen LogP contribution in [0.1, 0.15) is 66.4 Å². The minimum absolute atomic E-state index is 0.224. The minimum atomic E-state index is -0.567. The maximum Gasteiger partial charge on any atom is 0.277 e. The van der Waals surface area contributed by atoms with E-state index in [4.69, 9.17) is 5.73 Å². The fourth-order valence-corrected chi connectivity index (χ4v) is 2.73. The number of thiazole rings is 1. The second kappa shape index (κ2) is 6.11. The lowest BCUT2D eigenvalue weighted by Gasteiger charge is -2.23. The molecule has 0 aliphatic carbocycles. The highest BCUT2D eigenvalue weighted by Gasteiger charge is 2.24. The molecular weight excluding hydrogens is 314 g/mol. The van der Waals surface area contributed by atoms with Crippen LogP contribution in [0.3, 0.4) is 0 Å². The van der Waals surface area contributed by atoms with Crippen LogP contribution < -0.4 is 11.1 Å². The van der Waals surface area contributed by atoms with Crippen molar-refractivity contribution in [2.45, 2.75) is 46.1 Å². The molecule has 7 nitrogen and oxygen atoms in total. The Balaban J connectivity index is 2.27. The van der Waals surface area contributed by atoms with Crippen molar-refractivity contribution in [1.82, 2.24) is 14.8 Å². The van der Waals surface area contributed by atoms with Gasteiger partial charge in [-0.05, 0) is 32.8 Å². The Hall–Kier alpha value is -2.22. The second-order valence-corrected chi connectivity index (χ2v) is 7.57. The van der Waals surface area contributed by atoms with Gasteiger partial charge < -0.3 is 5.73 Å². The molecule has 0 spiro atoms. The summed E-state index contributed by atoms with van der Waals surface area (Å²) in [6.07, 6.45) is 1.34. The van der Waals surface area contributed by atoms with Crippen molar-refractivity contribution >= 4 is 28.3 Å². The lowest BCUT2D eigenvalue weighted by Crippen LogP contribution is -2.26. The van der Waals surface area contributed by atoms with Gasteiger partial charge in [-0.1, -0.05) is 25.2 Å². The molecular formula is C15H21N5O2S. The summed E-state index contributed by atoms with van der Waals surface area (Å²) < 4.78 is 1.86. The summed E-state index contributed by atoms with van der Waals surface area (Å²) in [7, 11) is 0. The molecule has 0 saturated heterocycles. The average molecular weight is 335 g/mol. The second-order valence-electron chi connectivity index (χ2n) is 6.54. The van der Waals surface area contributed by atoms with Crippen molar-refractivity contribution in [2.75, 3.05) is 5.32 Å². The highest BCUT2D eigenvalue weighted by atomic mass is 32.1. The molecule has 2 aromatic heterocycles. The van der Waals surface area contributed by atoms with Crippen LogP contribution in [0, 0.1) is 0 Å². The molecule has 0 aliphatic heterocycles. The molecule has 2 heterocycles. The van der Waals surface area contributed by atoms with E-state index >= 15 is 0 Å². The first-order valence-electron chi connectivity index (χ1n) is 7.27. The number of nitrogens with one attached hydrogen (secondary N) is 1. The Morgan fingerprint density at radius 3 is 2.43 bits per heavy atom. The van der Waals surface area contributed by atoms with Gasteiger partial charge in [-0.3, -0.25) is 19.6 Å². The first-order chi connectivity index (χ1) is 10.6. The largest absolute Gasteiger partial charge is 0.365 e. The van der Waals surface area contributed by atoms with Crippen molar-refractivity contribution < 1.29 is 9.59 Å². The zero-order chi connectivity index (χ0) is 17.4. The van der Waals surface area contributed by atoms with Gasteiger partial charge in [0.2, 0.25) is 0 Å². The standard InChI is InChI=1S/C15H21N5O2S/c1-8(2)10-6-9(19-20(10)15(3,4)5)13(22)18-14-17-7-11(23-14)12(16)21/h6-8H,1-5H3,(H2,16,21)(H,17,18,22). The molecule has 0 radical (unpaired) electrons. The number of carbonyl (C=O) groups excluding carboxylic acids is 2. The van der Waals surface area contributed by atoms with Crippen LogP contribution in [0.2, 0.25) is 0 Å². The third-order valence-corrected chi connectivity index (χ3v) is 4.09. The van der Waals surface area contributed by atoms with Gasteiger partial charge >= 0.3 is 0 Å². The molecule has 2 amide bonds. The van der Waals surface area contributed by atoms with E-state index in [1.807, 2.05) is 25.5 Å². The first kappa shape index (κ1) is 17.1. The van der Waals surface area contributed by atoms with Crippen LogP contribution in [-0.4, -0.2) is 26.6 Å². The third-order valence-electron chi connectivity index (χ3n) is 3.17. The average Bonchev–Trinajstić information content (AvgIpc) is 3.03. The van der Waals surface area contributed by atoms with Crippen molar-refractivity contribution in [3.05, 3.63) is 28.5 Å². The molecule has 8 heteroatoms. The van der Waals surface area contributed by atoms with Crippen LogP contribution >= 0.6 is 11.3 Å². The molecule has 23 heavy (non-hydrogen) atoms. The van der Waals surface area contributed by atoms with Gasteiger partial charge in [0.15, 0.2) is 10.8 Å². The van der Waals surface area contributed by atoms with E-state index in [0.29, 0.717) is 15.7 Å². The Labute approximate surface area is 138 Å². The number of amides is 2. The number of anilines is 1. The number of rotatable bonds is 4. The van der Waals surface area contributed by atoms with Gasteiger partial charge in [0.05, 0.1) is 11.7 Å². The molecule has 0 bridgehead atoms. The number of nitrogens with two attached hydrogens (primary N) is 1. The summed E-state index contributed by atoms with van der Waals surface area (Å²) in [5, 5.41) is 7.40. The predicted molar refractivity (Wildman–Crippen MR) is 89.9 cm³/mol. The topological polar surface area (TPSA) is 103 Å². The van der Waals surface area contributed by atoms with E-state index in [-0.39, 0.29) is 17.4 Å². The van der Waals surface area contributed by atoms with Gasteiger partial charge in [0.25, 0.3) is 11.8 Å². The quantitative estimate of drug-likeness (QED) is 0.896. The summed E-state index contributed by atoms with van der Waals surface area (Å²) in [5.74, 6) is -0.688. The Bertz CT molecular complexity index is 739. The Kier molecular flexibility index (Phi) is 4.56. The van der Waals surface area contributed by atoms with Crippen LogP contribution in [-0.2, 0) is 5.54 Å². The Morgan fingerprint density at radius 2 is 2.00 bits per heavy atom. The molecule has 0 saturated carbocycles. The highest BCUT2D eigenvalue weighted by Crippen LogP contribution is 2.24. The van der Waals surface area contributed by atoms with Crippen molar-refractivity contribution in [3.8, 4) is 0 Å². The summed E-state index contributed by atoms with van der Waals surface area (Å²) >= 11 is 1.03. The molecule has 0 atom stereocenters. The van der Waals surface area contributed by atoms with Crippen LogP contribution in [0.4, 0.5) is 5.13 Å². The first-order valence-corrected chi connectivity index (χ1v) is 8.08. The highest BCUT2D eigenvalue weighted by molar-refractivity contribution is 7.17. The van der Waals surface area contributed by atoms with Gasteiger partial charge in [0.1, 0.15) is 4.88 Å². The molecule has 0 aromatic carbocycles. The van der Waals surface area contributed by atoms with E-state index in [1.165, 1.54) is 6.20 Å². The monoisotopic (exact) mass is 335 g/mol. The molecule has 3 N–H and O–H groups in total. The zero-order valence-corrected chi connectivity index (χ0v) is 14.7. The van der Waals surface area contributed by atoms with Gasteiger partial charge in [-0.15, -0.1) is 0 Å². The molecule has 0 unspecified atom stereocenters. The SMILES string of the molecule is CC(C)c1cc(C(=O)Nc2ncc(C(N)=O)s2)nn1C(C)(C)C. The molecule has 0 aliphatic rings. The number of carbonyl (C=O) groups is 2. The lowest BCUT2D eigenvalue weighted by molar-refractivity contribution is 0.0999. The summed E-state index contributed by atoms with van der Waals surface area (Å²) in [6.45, 7) is 10.2. The van der Waals surface area contributed by atoms with Gasteiger partial charge in [-0.25, -0.2) is 4.98 Å². The van der Waals surface area contributed by atoms with Crippen LogP contribution in [0.25, 0.3) is 0 Å². The number of nitrogens with zero attached hydrogens (tertiary/aromatic N) is 3. The number of primary amides is 1. The number of hydrogen-bond acceptors (Lipinski definition) is 5.